The van der Waals surface area contributed by atoms with E-state index in [4.69, 9.17) is 10.2 Å². The Hall–Kier alpha value is -1.11. The SMILES string of the molecule is Cc1cc2oc(=O)cc(CN3CCC(O)(CN)CC3)c2cc1C.Cl.Cl. The van der Waals surface area contributed by atoms with Crippen LogP contribution in [0.5, 0.6) is 0 Å². The molecule has 0 spiro atoms. The van der Waals surface area contributed by atoms with Crippen LogP contribution in [0.25, 0.3) is 11.0 Å². The molecule has 1 aliphatic heterocycles. The van der Waals surface area contributed by atoms with Crippen molar-refractivity contribution in [1.29, 1.82) is 0 Å². The zero-order valence-corrected chi connectivity index (χ0v) is 16.2. The smallest absolute Gasteiger partial charge is 0.336 e. The monoisotopic (exact) mass is 388 g/mol. The molecule has 0 saturated carbocycles. The van der Waals surface area contributed by atoms with Crippen LogP contribution in [-0.2, 0) is 6.54 Å². The lowest BCUT2D eigenvalue weighted by Crippen LogP contribution is -2.48. The van der Waals surface area contributed by atoms with Gasteiger partial charge in [0.2, 0.25) is 0 Å². The minimum absolute atomic E-state index is 0. The van der Waals surface area contributed by atoms with E-state index in [-0.39, 0.29) is 30.4 Å². The quantitative estimate of drug-likeness (QED) is 0.789. The average Bonchev–Trinajstić information content (AvgIpc) is 2.52. The van der Waals surface area contributed by atoms with E-state index in [2.05, 4.69) is 17.9 Å². The third-order valence-electron chi connectivity index (χ3n) is 5.01. The first-order chi connectivity index (χ1) is 10.9. The molecule has 0 atom stereocenters. The Morgan fingerprint density at radius 1 is 1.16 bits per heavy atom. The zero-order valence-electron chi connectivity index (χ0n) is 14.6. The third kappa shape index (κ3) is 4.74. The van der Waals surface area contributed by atoms with Crippen LogP contribution in [0.1, 0.15) is 29.5 Å². The normalized spacial score (nSPS) is 17.0. The molecule has 7 heteroatoms. The molecule has 2 heterocycles. The van der Waals surface area contributed by atoms with Crippen LogP contribution in [0.3, 0.4) is 0 Å². The summed E-state index contributed by atoms with van der Waals surface area (Å²) in [5.41, 5.74) is 8.52. The van der Waals surface area contributed by atoms with Gasteiger partial charge >= 0.3 is 5.63 Å². The summed E-state index contributed by atoms with van der Waals surface area (Å²) in [6.07, 6.45) is 1.34. The van der Waals surface area contributed by atoms with E-state index in [1.54, 1.807) is 6.07 Å². The number of nitrogens with zero attached hydrogens (tertiary/aromatic N) is 1. The Kier molecular flexibility index (Phi) is 7.47. The van der Waals surface area contributed by atoms with Crippen molar-refractivity contribution in [3.8, 4) is 0 Å². The fraction of sp³-hybridized carbons (Fsp3) is 0.500. The predicted molar refractivity (Wildman–Crippen MR) is 105 cm³/mol. The van der Waals surface area contributed by atoms with Crippen LogP contribution in [0, 0.1) is 13.8 Å². The summed E-state index contributed by atoms with van der Waals surface area (Å²) in [6, 6.07) is 5.60. The lowest BCUT2D eigenvalue weighted by molar-refractivity contribution is -0.0152. The summed E-state index contributed by atoms with van der Waals surface area (Å²) < 4.78 is 5.35. The Balaban J connectivity index is 0.00000156. The maximum atomic E-state index is 11.8. The van der Waals surface area contributed by atoms with Crippen molar-refractivity contribution in [2.24, 2.45) is 5.73 Å². The first kappa shape index (κ1) is 21.9. The van der Waals surface area contributed by atoms with Crippen LogP contribution in [0.2, 0.25) is 0 Å². The first-order valence-electron chi connectivity index (χ1n) is 8.09. The van der Waals surface area contributed by atoms with Crippen LogP contribution >= 0.6 is 24.8 Å². The Labute approximate surface area is 160 Å². The zero-order chi connectivity index (χ0) is 16.6. The summed E-state index contributed by atoms with van der Waals surface area (Å²) >= 11 is 0. The number of fused-ring (bicyclic) bond motifs is 1. The molecule has 1 aromatic carbocycles. The Morgan fingerprint density at radius 2 is 1.76 bits per heavy atom. The van der Waals surface area contributed by atoms with Crippen LogP contribution in [0.15, 0.2) is 27.4 Å². The van der Waals surface area contributed by atoms with Crippen molar-refractivity contribution >= 4 is 35.8 Å². The number of piperidine rings is 1. The molecule has 1 saturated heterocycles. The molecule has 3 N–H and O–H groups in total. The van der Waals surface area contributed by atoms with Gasteiger partial charge in [-0.1, -0.05) is 0 Å². The number of nitrogens with two attached hydrogens (primary N) is 1. The van der Waals surface area contributed by atoms with Crippen molar-refractivity contribution in [1.82, 2.24) is 4.90 Å². The van der Waals surface area contributed by atoms with Gasteiger partial charge in [0.15, 0.2) is 0 Å². The van der Waals surface area contributed by atoms with Crippen molar-refractivity contribution in [3.05, 3.63) is 45.3 Å². The van der Waals surface area contributed by atoms with E-state index in [9.17, 15) is 9.90 Å². The van der Waals surface area contributed by atoms with E-state index < -0.39 is 5.60 Å². The molecular weight excluding hydrogens is 363 g/mol. The van der Waals surface area contributed by atoms with Gasteiger partial charge in [0.25, 0.3) is 0 Å². The molecule has 0 amide bonds. The number of halogens is 2. The molecule has 2 aromatic rings. The van der Waals surface area contributed by atoms with Crippen molar-refractivity contribution < 1.29 is 9.52 Å². The molecule has 0 radical (unpaired) electrons. The number of hydrogen-bond donors (Lipinski definition) is 2. The Morgan fingerprint density at radius 3 is 2.36 bits per heavy atom. The summed E-state index contributed by atoms with van der Waals surface area (Å²) in [4.78, 5) is 14.1. The summed E-state index contributed by atoms with van der Waals surface area (Å²) in [7, 11) is 0. The second-order valence-corrected chi connectivity index (χ2v) is 6.73. The minimum atomic E-state index is -0.734. The maximum Gasteiger partial charge on any atom is 0.336 e. The highest BCUT2D eigenvalue weighted by atomic mass is 35.5. The van der Waals surface area contributed by atoms with Gasteiger partial charge in [-0.15, -0.1) is 24.8 Å². The second kappa shape index (κ2) is 8.52. The molecule has 25 heavy (non-hydrogen) atoms. The van der Waals surface area contributed by atoms with Gasteiger partial charge in [-0.2, -0.15) is 0 Å². The van der Waals surface area contributed by atoms with Crippen LogP contribution < -0.4 is 11.4 Å². The second-order valence-electron chi connectivity index (χ2n) is 6.73. The number of aryl methyl sites for hydroxylation is 2. The van der Waals surface area contributed by atoms with Crippen molar-refractivity contribution in [2.75, 3.05) is 19.6 Å². The molecular formula is C18H26Cl2N2O3. The van der Waals surface area contributed by atoms with E-state index >= 15 is 0 Å². The molecule has 0 bridgehead atoms. The minimum Gasteiger partial charge on any atom is -0.423 e. The number of benzene rings is 1. The molecule has 1 fully saturated rings. The van der Waals surface area contributed by atoms with Gasteiger partial charge in [-0.05, 0) is 55.5 Å². The Bertz CT molecular complexity index is 784. The van der Waals surface area contributed by atoms with Gasteiger partial charge in [-0.3, -0.25) is 4.90 Å². The van der Waals surface area contributed by atoms with E-state index in [0.29, 0.717) is 31.5 Å². The average molecular weight is 389 g/mol. The molecule has 3 rings (SSSR count). The summed E-state index contributed by atoms with van der Waals surface area (Å²) in [6.45, 7) is 6.62. The predicted octanol–water partition coefficient (Wildman–Crippen LogP) is 2.54. The highest BCUT2D eigenvalue weighted by Gasteiger charge is 2.30. The lowest BCUT2D eigenvalue weighted by Gasteiger charge is -2.37. The fourth-order valence-electron chi connectivity index (χ4n) is 3.19. The summed E-state index contributed by atoms with van der Waals surface area (Å²) in [5.74, 6) is 0. The lowest BCUT2D eigenvalue weighted by atomic mass is 9.91. The van der Waals surface area contributed by atoms with Crippen LogP contribution in [-0.4, -0.2) is 35.2 Å². The standard InChI is InChI=1S/C18H24N2O3.2ClH/c1-12-7-15-14(9-17(21)23-16(15)8-13(12)2)10-20-5-3-18(22,11-19)4-6-20;;/h7-9,22H,3-6,10-11,19H2,1-2H3;2*1H. The summed E-state index contributed by atoms with van der Waals surface area (Å²) in [5, 5.41) is 11.2. The van der Waals surface area contributed by atoms with Gasteiger partial charge in [0.05, 0.1) is 5.60 Å². The van der Waals surface area contributed by atoms with Crippen molar-refractivity contribution in [2.45, 2.75) is 38.8 Å². The van der Waals surface area contributed by atoms with E-state index in [1.165, 1.54) is 5.56 Å². The number of likely N-dealkylation sites (tertiary alicyclic amines) is 1. The molecule has 5 nitrogen and oxygen atoms in total. The molecule has 0 unspecified atom stereocenters. The molecule has 1 aromatic heterocycles. The van der Waals surface area contributed by atoms with E-state index in [0.717, 1.165) is 29.6 Å². The highest BCUT2D eigenvalue weighted by molar-refractivity contribution is 5.85. The van der Waals surface area contributed by atoms with Gasteiger partial charge in [0.1, 0.15) is 5.58 Å². The maximum absolute atomic E-state index is 11.8. The van der Waals surface area contributed by atoms with Crippen LogP contribution in [0.4, 0.5) is 0 Å². The third-order valence-corrected chi connectivity index (χ3v) is 5.01. The molecule has 0 aliphatic carbocycles. The fourth-order valence-corrected chi connectivity index (χ4v) is 3.19. The highest BCUT2D eigenvalue weighted by Crippen LogP contribution is 2.26. The van der Waals surface area contributed by atoms with E-state index in [1.807, 2.05) is 13.0 Å². The van der Waals surface area contributed by atoms with Gasteiger partial charge in [-0.25, -0.2) is 4.79 Å². The largest absolute Gasteiger partial charge is 0.423 e. The van der Waals surface area contributed by atoms with Gasteiger partial charge in [0, 0.05) is 37.6 Å². The first-order valence-corrected chi connectivity index (χ1v) is 8.09. The van der Waals surface area contributed by atoms with Crippen molar-refractivity contribution in [3.63, 3.8) is 0 Å². The number of hydrogen-bond acceptors (Lipinski definition) is 5. The van der Waals surface area contributed by atoms with Gasteiger partial charge < -0.3 is 15.3 Å². The topological polar surface area (TPSA) is 79.7 Å². The molecule has 140 valence electrons. The number of aliphatic hydroxyl groups is 1. The number of rotatable bonds is 3. The molecule has 1 aliphatic rings.